The molecule has 0 spiro atoms. The number of halogens is 1. The van der Waals surface area contributed by atoms with Gasteiger partial charge in [-0.15, -0.1) is 0 Å². The van der Waals surface area contributed by atoms with Crippen LogP contribution in [-0.4, -0.2) is 29.7 Å². The third-order valence-electron chi connectivity index (χ3n) is 2.64. The Kier molecular flexibility index (Phi) is 3.58. The molecule has 0 unspecified atom stereocenters. The molecule has 3 nitrogen and oxygen atoms in total. The predicted octanol–water partition coefficient (Wildman–Crippen LogP) is 2.10. The first-order valence-corrected chi connectivity index (χ1v) is 6.32. The molecular formula is C12H12INO2. The Morgan fingerprint density at radius 1 is 1.31 bits per heavy atom. The fraction of sp³-hybridized carbons (Fsp3) is 0.333. The molecule has 1 aromatic rings. The molecule has 1 heterocycles. The van der Waals surface area contributed by atoms with Crippen LogP contribution >= 0.6 is 22.6 Å². The van der Waals surface area contributed by atoms with Crippen molar-refractivity contribution in [3.05, 3.63) is 33.4 Å². The number of carbonyl (C=O) groups excluding carboxylic acids is 2. The molecule has 84 valence electrons. The number of Topliss-reactive ketones (excluding diaryl/α,β-unsaturated/α-hetero) is 1. The molecule has 1 aliphatic rings. The van der Waals surface area contributed by atoms with Gasteiger partial charge in [-0.3, -0.25) is 9.59 Å². The molecular weight excluding hydrogens is 317 g/mol. The Balaban J connectivity index is 2.19. The lowest BCUT2D eigenvalue weighted by Crippen LogP contribution is -2.40. The smallest absolute Gasteiger partial charge is 0.255 e. The van der Waals surface area contributed by atoms with Crippen molar-refractivity contribution in [3.8, 4) is 0 Å². The highest BCUT2D eigenvalue weighted by Crippen LogP contribution is 2.16. The van der Waals surface area contributed by atoms with E-state index in [0.29, 0.717) is 18.5 Å². The first-order valence-electron chi connectivity index (χ1n) is 5.24. The number of amides is 1. The lowest BCUT2D eigenvalue weighted by molar-refractivity contribution is -0.121. The molecule has 0 radical (unpaired) electrons. The molecule has 1 fully saturated rings. The Bertz CT molecular complexity index is 431. The summed E-state index contributed by atoms with van der Waals surface area (Å²) >= 11 is 2.14. The Morgan fingerprint density at radius 2 is 2.06 bits per heavy atom. The van der Waals surface area contributed by atoms with Gasteiger partial charge in [0.1, 0.15) is 0 Å². The van der Waals surface area contributed by atoms with Crippen molar-refractivity contribution in [3.63, 3.8) is 0 Å². The lowest BCUT2D eigenvalue weighted by atomic mass is 10.1. The van der Waals surface area contributed by atoms with Gasteiger partial charge in [-0.2, -0.15) is 0 Å². The van der Waals surface area contributed by atoms with Gasteiger partial charge < -0.3 is 4.90 Å². The maximum absolute atomic E-state index is 12.1. The summed E-state index contributed by atoms with van der Waals surface area (Å²) < 4.78 is 0.933. The van der Waals surface area contributed by atoms with E-state index in [9.17, 15) is 9.59 Å². The number of carbonyl (C=O) groups is 2. The molecule has 0 N–H and O–H groups in total. The van der Waals surface area contributed by atoms with E-state index in [1.807, 2.05) is 24.3 Å². The van der Waals surface area contributed by atoms with Crippen molar-refractivity contribution in [2.24, 2.45) is 0 Å². The number of nitrogens with zero attached hydrogens (tertiary/aromatic N) is 1. The molecule has 0 bridgehead atoms. The quantitative estimate of drug-likeness (QED) is 0.740. The molecule has 0 atom stereocenters. The minimum Gasteiger partial charge on any atom is -0.331 e. The van der Waals surface area contributed by atoms with Crippen LogP contribution in [0.3, 0.4) is 0 Å². The van der Waals surface area contributed by atoms with Gasteiger partial charge in [0.2, 0.25) is 0 Å². The molecule has 1 amide bonds. The molecule has 16 heavy (non-hydrogen) atoms. The van der Waals surface area contributed by atoms with E-state index < -0.39 is 0 Å². The zero-order valence-corrected chi connectivity index (χ0v) is 10.9. The van der Waals surface area contributed by atoms with E-state index in [0.717, 1.165) is 9.99 Å². The number of likely N-dealkylation sites (tertiary alicyclic amines) is 1. The van der Waals surface area contributed by atoms with Crippen LogP contribution < -0.4 is 0 Å². The highest BCUT2D eigenvalue weighted by Gasteiger charge is 2.23. The van der Waals surface area contributed by atoms with Crippen LogP contribution in [0.25, 0.3) is 0 Å². The van der Waals surface area contributed by atoms with E-state index in [1.54, 1.807) is 4.90 Å². The van der Waals surface area contributed by atoms with E-state index in [-0.39, 0.29) is 18.2 Å². The zero-order valence-electron chi connectivity index (χ0n) is 8.78. The van der Waals surface area contributed by atoms with Crippen molar-refractivity contribution in [1.29, 1.82) is 0 Å². The summed E-state index contributed by atoms with van der Waals surface area (Å²) in [5.74, 6) is 0.128. The summed E-state index contributed by atoms with van der Waals surface area (Å²) in [5, 5.41) is 0. The van der Waals surface area contributed by atoms with Gasteiger partial charge in [-0.25, -0.2) is 0 Å². The summed E-state index contributed by atoms with van der Waals surface area (Å²) in [4.78, 5) is 25.1. The van der Waals surface area contributed by atoms with E-state index in [4.69, 9.17) is 0 Å². The van der Waals surface area contributed by atoms with Gasteiger partial charge in [0.25, 0.3) is 5.91 Å². The zero-order chi connectivity index (χ0) is 11.5. The van der Waals surface area contributed by atoms with Crippen LogP contribution in [0.5, 0.6) is 0 Å². The maximum Gasteiger partial charge on any atom is 0.255 e. The van der Waals surface area contributed by atoms with Crippen molar-refractivity contribution in [2.75, 3.05) is 13.1 Å². The summed E-state index contributed by atoms with van der Waals surface area (Å²) in [7, 11) is 0. The molecule has 1 saturated heterocycles. The monoisotopic (exact) mass is 329 g/mol. The fourth-order valence-corrected chi connectivity index (χ4v) is 2.43. The summed E-state index contributed by atoms with van der Waals surface area (Å²) in [6.45, 7) is 0.958. The molecule has 1 aromatic carbocycles. The average molecular weight is 329 g/mol. The first-order chi connectivity index (χ1) is 7.68. The van der Waals surface area contributed by atoms with Crippen molar-refractivity contribution < 1.29 is 9.59 Å². The summed E-state index contributed by atoms with van der Waals surface area (Å²) in [6.07, 6.45) is 1.39. The molecule has 0 aromatic heterocycles. The minimum atomic E-state index is -0.0296. The van der Waals surface area contributed by atoms with E-state index >= 15 is 0 Å². The van der Waals surface area contributed by atoms with Crippen LogP contribution in [0.15, 0.2) is 24.3 Å². The van der Waals surface area contributed by atoms with Crippen LogP contribution in [0.4, 0.5) is 0 Å². The molecule has 4 heteroatoms. The number of rotatable bonds is 1. The molecule has 1 aliphatic heterocycles. The Labute approximate surface area is 108 Å². The van der Waals surface area contributed by atoms with Gasteiger partial charge in [0.15, 0.2) is 5.78 Å². The predicted molar refractivity (Wildman–Crippen MR) is 69.3 cm³/mol. The topological polar surface area (TPSA) is 37.4 Å². The van der Waals surface area contributed by atoms with Gasteiger partial charge in [-0.1, -0.05) is 12.1 Å². The third-order valence-corrected chi connectivity index (χ3v) is 3.58. The minimum absolute atomic E-state index is 0.0296. The number of hydrogen-bond acceptors (Lipinski definition) is 2. The average Bonchev–Trinajstić information content (AvgIpc) is 2.29. The van der Waals surface area contributed by atoms with Gasteiger partial charge in [-0.05, 0) is 41.1 Å². The SMILES string of the molecule is O=C1CCCN(C(=O)c2ccccc2I)C1. The van der Waals surface area contributed by atoms with E-state index in [1.165, 1.54) is 0 Å². The molecule has 0 saturated carbocycles. The van der Waals surface area contributed by atoms with Crippen LogP contribution in [0.1, 0.15) is 23.2 Å². The lowest BCUT2D eigenvalue weighted by Gasteiger charge is -2.26. The van der Waals surface area contributed by atoms with Crippen LogP contribution in [0, 0.1) is 3.57 Å². The maximum atomic E-state index is 12.1. The Hall–Kier alpha value is -0.910. The van der Waals surface area contributed by atoms with E-state index in [2.05, 4.69) is 22.6 Å². The second kappa shape index (κ2) is 4.95. The van der Waals surface area contributed by atoms with Crippen LogP contribution in [0.2, 0.25) is 0 Å². The second-order valence-corrected chi connectivity index (χ2v) is 5.01. The number of hydrogen-bond donors (Lipinski definition) is 0. The van der Waals surface area contributed by atoms with Crippen LogP contribution in [-0.2, 0) is 4.79 Å². The fourth-order valence-electron chi connectivity index (χ4n) is 1.82. The van der Waals surface area contributed by atoms with Crippen molar-refractivity contribution >= 4 is 34.3 Å². The van der Waals surface area contributed by atoms with Crippen molar-refractivity contribution in [1.82, 2.24) is 4.90 Å². The number of piperidine rings is 1. The molecule has 0 aliphatic carbocycles. The van der Waals surface area contributed by atoms with Crippen molar-refractivity contribution in [2.45, 2.75) is 12.8 Å². The largest absolute Gasteiger partial charge is 0.331 e. The standard InChI is InChI=1S/C12H12INO2/c13-11-6-2-1-5-10(11)12(16)14-7-3-4-9(15)8-14/h1-2,5-6H,3-4,7-8H2. The second-order valence-electron chi connectivity index (χ2n) is 3.85. The summed E-state index contributed by atoms with van der Waals surface area (Å²) in [5.41, 5.74) is 0.692. The van der Waals surface area contributed by atoms with Gasteiger partial charge in [0.05, 0.1) is 12.1 Å². The summed E-state index contributed by atoms with van der Waals surface area (Å²) in [6, 6.07) is 7.46. The van der Waals surface area contributed by atoms with Gasteiger partial charge >= 0.3 is 0 Å². The number of ketones is 1. The Morgan fingerprint density at radius 3 is 2.75 bits per heavy atom. The first kappa shape index (κ1) is 11.6. The normalized spacial score (nSPS) is 16.3. The third kappa shape index (κ3) is 2.42. The highest BCUT2D eigenvalue weighted by molar-refractivity contribution is 14.1. The number of benzene rings is 1. The van der Waals surface area contributed by atoms with Gasteiger partial charge in [0, 0.05) is 16.5 Å². The molecule has 2 rings (SSSR count). The highest BCUT2D eigenvalue weighted by atomic mass is 127.